The molecule has 0 saturated carbocycles. The molecular weight excluding hydrogens is 357 g/mol. The summed E-state index contributed by atoms with van der Waals surface area (Å²) in [5, 5.41) is 3.74. The van der Waals surface area contributed by atoms with E-state index in [0.29, 0.717) is 33.0 Å². The number of piperidine rings is 1. The Labute approximate surface area is 157 Å². The number of hydrogen-bond acceptors (Lipinski definition) is 3. The van der Waals surface area contributed by atoms with Crippen molar-refractivity contribution in [1.29, 1.82) is 0 Å². The molecule has 6 heteroatoms. The Morgan fingerprint density at radius 3 is 2.68 bits per heavy atom. The van der Waals surface area contributed by atoms with Crippen molar-refractivity contribution in [3.8, 4) is 0 Å². The van der Waals surface area contributed by atoms with Gasteiger partial charge in [-0.2, -0.15) is 0 Å². The first-order chi connectivity index (χ1) is 12.0. The SMILES string of the molecule is C[C@@H]1CCCCN1c1ccc(N)cc1NC(=O)c1ccc(Cl)c(Cl)c1. The fraction of sp³-hybridized carbons (Fsp3) is 0.316. The Bertz CT molecular complexity index is 794. The standard InChI is InChI=1S/C19H21Cl2N3O/c1-12-4-2-3-9-24(12)18-8-6-14(22)11-17(18)23-19(25)13-5-7-15(20)16(21)10-13/h5-8,10-12H,2-4,9,22H2,1H3,(H,23,25)/t12-/m1/s1. The Hall–Kier alpha value is -1.91. The molecule has 0 bridgehead atoms. The quantitative estimate of drug-likeness (QED) is 0.721. The van der Waals surface area contributed by atoms with E-state index in [1.807, 2.05) is 12.1 Å². The predicted molar refractivity (Wildman–Crippen MR) is 106 cm³/mol. The number of hydrogen-bond donors (Lipinski definition) is 2. The van der Waals surface area contributed by atoms with Gasteiger partial charge >= 0.3 is 0 Å². The van der Waals surface area contributed by atoms with E-state index < -0.39 is 0 Å². The lowest BCUT2D eigenvalue weighted by Crippen LogP contribution is -2.38. The molecule has 1 aliphatic rings. The smallest absolute Gasteiger partial charge is 0.255 e. The number of anilines is 3. The number of nitrogen functional groups attached to an aromatic ring is 1. The number of rotatable bonds is 3. The molecule has 3 rings (SSSR count). The maximum absolute atomic E-state index is 12.6. The second-order valence-corrected chi connectivity index (χ2v) is 7.21. The van der Waals surface area contributed by atoms with Gasteiger partial charge in [0, 0.05) is 23.8 Å². The second-order valence-electron chi connectivity index (χ2n) is 6.40. The lowest BCUT2D eigenvalue weighted by Gasteiger charge is -2.36. The van der Waals surface area contributed by atoms with Crippen LogP contribution in [0.2, 0.25) is 10.0 Å². The number of halogens is 2. The van der Waals surface area contributed by atoms with Gasteiger partial charge in [-0.15, -0.1) is 0 Å². The monoisotopic (exact) mass is 377 g/mol. The van der Waals surface area contributed by atoms with Crippen molar-refractivity contribution in [1.82, 2.24) is 0 Å². The number of amides is 1. The minimum absolute atomic E-state index is 0.241. The highest BCUT2D eigenvalue weighted by atomic mass is 35.5. The molecule has 2 aromatic rings. The zero-order valence-electron chi connectivity index (χ0n) is 14.1. The van der Waals surface area contributed by atoms with Crippen LogP contribution in [0.3, 0.4) is 0 Å². The van der Waals surface area contributed by atoms with E-state index >= 15 is 0 Å². The molecule has 1 saturated heterocycles. The number of benzene rings is 2. The summed E-state index contributed by atoms with van der Waals surface area (Å²) < 4.78 is 0. The van der Waals surface area contributed by atoms with E-state index in [2.05, 4.69) is 17.1 Å². The van der Waals surface area contributed by atoms with Gasteiger partial charge < -0.3 is 16.0 Å². The number of carbonyl (C=O) groups is 1. The van der Waals surface area contributed by atoms with E-state index in [1.54, 1.807) is 24.3 Å². The Morgan fingerprint density at radius 2 is 1.96 bits per heavy atom. The van der Waals surface area contributed by atoms with Crippen LogP contribution in [-0.4, -0.2) is 18.5 Å². The summed E-state index contributed by atoms with van der Waals surface area (Å²) in [6.07, 6.45) is 3.52. The molecule has 0 unspecified atom stereocenters. The first-order valence-corrected chi connectivity index (χ1v) is 9.14. The minimum Gasteiger partial charge on any atom is -0.399 e. The van der Waals surface area contributed by atoms with Crippen molar-refractivity contribution in [2.75, 3.05) is 22.5 Å². The van der Waals surface area contributed by atoms with E-state index in [0.717, 1.165) is 25.1 Å². The van der Waals surface area contributed by atoms with Gasteiger partial charge in [0.15, 0.2) is 0 Å². The average molecular weight is 378 g/mol. The molecule has 1 heterocycles. The first kappa shape index (κ1) is 17.9. The van der Waals surface area contributed by atoms with E-state index in [9.17, 15) is 4.79 Å². The Kier molecular flexibility index (Phi) is 5.40. The summed E-state index contributed by atoms with van der Waals surface area (Å²) in [6, 6.07) is 10.9. The molecule has 2 aromatic carbocycles. The fourth-order valence-electron chi connectivity index (χ4n) is 3.19. The van der Waals surface area contributed by atoms with Crippen LogP contribution < -0.4 is 16.0 Å². The molecule has 1 aliphatic heterocycles. The van der Waals surface area contributed by atoms with E-state index in [1.165, 1.54) is 6.42 Å². The van der Waals surface area contributed by atoms with E-state index in [4.69, 9.17) is 28.9 Å². The fourth-order valence-corrected chi connectivity index (χ4v) is 3.49. The third kappa shape index (κ3) is 4.02. The van der Waals surface area contributed by atoms with E-state index in [-0.39, 0.29) is 5.91 Å². The summed E-state index contributed by atoms with van der Waals surface area (Å²) in [6.45, 7) is 3.18. The van der Waals surface area contributed by atoms with Crippen molar-refractivity contribution >= 4 is 46.2 Å². The average Bonchev–Trinajstić information content (AvgIpc) is 2.58. The maximum Gasteiger partial charge on any atom is 0.255 e. The largest absolute Gasteiger partial charge is 0.399 e. The molecule has 1 fully saturated rings. The highest BCUT2D eigenvalue weighted by Gasteiger charge is 2.22. The lowest BCUT2D eigenvalue weighted by molar-refractivity contribution is 0.102. The van der Waals surface area contributed by atoms with Gasteiger partial charge in [-0.25, -0.2) is 0 Å². The highest BCUT2D eigenvalue weighted by Crippen LogP contribution is 2.33. The van der Waals surface area contributed by atoms with Crippen LogP contribution >= 0.6 is 23.2 Å². The molecule has 0 aromatic heterocycles. The van der Waals surface area contributed by atoms with Crippen molar-refractivity contribution in [3.63, 3.8) is 0 Å². The molecule has 0 radical (unpaired) electrons. The van der Waals surface area contributed by atoms with Gasteiger partial charge in [-0.3, -0.25) is 4.79 Å². The predicted octanol–water partition coefficient (Wildman–Crippen LogP) is 5.21. The zero-order chi connectivity index (χ0) is 18.0. The van der Waals surface area contributed by atoms with Gasteiger partial charge in [0.2, 0.25) is 0 Å². The summed E-state index contributed by atoms with van der Waals surface area (Å²) >= 11 is 11.9. The van der Waals surface area contributed by atoms with Crippen LogP contribution in [0.1, 0.15) is 36.5 Å². The normalized spacial score (nSPS) is 17.4. The molecule has 4 nitrogen and oxygen atoms in total. The van der Waals surface area contributed by atoms with Crippen LogP contribution in [0.25, 0.3) is 0 Å². The van der Waals surface area contributed by atoms with Crippen LogP contribution in [0.4, 0.5) is 17.1 Å². The molecule has 3 N–H and O–H groups in total. The maximum atomic E-state index is 12.6. The van der Waals surface area contributed by atoms with Gasteiger partial charge in [-0.1, -0.05) is 23.2 Å². The zero-order valence-corrected chi connectivity index (χ0v) is 15.6. The third-order valence-electron chi connectivity index (χ3n) is 4.56. The summed E-state index contributed by atoms with van der Waals surface area (Å²) in [7, 11) is 0. The van der Waals surface area contributed by atoms with Crippen molar-refractivity contribution in [3.05, 3.63) is 52.0 Å². The number of nitrogens with zero attached hydrogens (tertiary/aromatic N) is 1. The molecule has 25 heavy (non-hydrogen) atoms. The van der Waals surface area contributed by atoms with Crippen LogP contribution in [-0.2, 0) is 0 Å². The van der Waals surface area contributed by atoms with Gasteiger partial charge in [0.05, 0.1) is 21.4 Å². The number of carbonyl (C=O) groups excluding carboxylic acids is 1. The molecular formula is C19H21Cl2N3O. The van der Waals surface area contributed by atoms with Gasteiger partial charge in [0.25, 0.3) is 5.91 Å². The molecule has 0 aliphatic carbocycles. The molecule has 0 spiro atoms. The second kappa shape index (κ2) is 7.54. The van der Waals surface area contributed by atoms with Crippen LogP contribution in [0.15, 0.2) is 36.4 Å². The van der Waals surface area contributed by atoms with Crippen molar-refractivity contribution in [2.45, 2.75) is 32.2 Å². The molecule has 1 amide bonds. The van der Waals surface area contributed by atoms with Crippen molar-refractivity contribution in [2.24, 2.45) is 0 Å². The lowest BCUT2D eigenvalue weighted by atomic mass is 10.0. The minimum atomic E-state index is -0.241. The summed E-state index contributed by atoms with van der Waals surface area (Å²) in [4.78, 5) is 15.0. The highest BCUT2D eigenvalue weighted by molar-refractivity contribution is 6.42. The molecule has 1 atom stereocenters. The third-order valence-corrected chi connectivity index (χ3v) is 5.30. The summed E-state index contributed by atoms with van der Waals surface area (Å²) in [5.41, 5.74) is 8.71. The Balaban J connectivity index is 1.89. The number of nitrogens with two attached hydrogens (primary N) is 1. The Morgan fingerprint density at radius 1 is 1.16 bits per heavy atom. The summed E-state index contributed by atoms with van der Waals surface area (Å²) in [5.74, 6) is -0.241. The van der Waals surface area contributed by atoms with Gasteiger partial charge in [-0.05, 0) is 62.6 Å². The first-order valence-electron chi connectivity index (χ1n) is 8.38. The number of nitrogens with one attached hydrogen (secondary N) is 1. The van der Waals surface area contributed by atoms with Gasteiger partial charge in [0.1, 0.15) is 0 Å². The van der Waals surface area contributed by atoms with Crippen molar-refractivity contribution < 1.29 is 4.79 Å². The van der Waals surface area contributed by atoms with Crippen LogP contribution in [0, 0.1) is 0 Å². The molecule has 132 valence electrons. The van der Waals surface area contributed by atoms with Crippen LogP contribution in [0.5, 0.6) is 0 Å². The topological polar surface area (TPSA) is 58.4 Å².